The number of halogens is 2. The maximum absolute atomic E-state index is 8.97. The summed E-state index contributed by atoms with van der Waals surface area (Å²) in [5.41, 5.74) is 6.51. The number of rotatable bonds is 7. The molecule has 0 aliphatic carbocycles. The van der Waals surface area contributed by atoms with Gasteiger partial charge >= 0.3 is 0 Å². The van der Waals surface area contributed by atoms with Crippen LogP contribution in [0, 0.1) is 0 Å². The molecule has 0 saturated heterocycles. The summed E-state index contributed by atoms with van der Waals surface area (Å²) in [7, 11) is 1.62. The van der Waals surface area contributed by atoms with Crippen molar-refractivity contribution in [3.63, 3.8) is 0 Å². The Kier molecular flexibility index (Phi) is 9.14. The van der Waals surface area contributed by atoms with E-state index in [4.69, 9.17) is 27.2 Å². The van der Waals surface area contributed by atoms with Crippen LogP contribution >= 0.6 is 24.0 Å². The highest BCUT2D eigenvalue weighted by molar-refractivity contribution is 6.31. The lowest BCUT2D eigenvalue weighted by atomic mass is 10.2. The van der Waals surface area contributed by atoms with Gasteiger partial charge in [-0.25, -0.2) is 0 Å². The smallest absolute Gasteiger partial charge is 0.119 e. The van der Waals surface area contributed by atoms with Crippen molar-refractivity contribution in [1.82, 2.24) is 4.90 Å². The SMILES string of the molecule is COc1ccc(Cl)c(CN(CCN)CCO)c1.Cl. The minimum absolute atomic E-state index is 0. The number of nitrogens with zero attached hydrogens (tertiary/aromatic N) is 1. The Morgan fingerprint density at radius 3 is 2.67 bits per heavy atom. The fraction of sp³-hybridized carbons (Fsp3) is 0.500. The molecule has 3 N–H and O–H groups in total. The lowest BCUT2D eigenvalue weighted by molar-refractivity contribution is 0.193. The van der Waals surface area contributed by atoms with Crippen molar-refractivity contribution in [3.8, 4) is 5.75 Å². The Morgan fingerprint density at radius 2 is 2.11 bits per heavy atom. The molecule has 0 aliphatic rings. The van der Waals surface area contributed by atoms with E-state index in [1.165, 1.54) is 0 Å². The lowest BCUT2D eigenvalue weighted by Crippen LogP contribution is -2.31. The van der Waals surface area contributed by atoms with Gasteiger partial charge in [-0.05, 0) is 23.8 Å². The largest absolute Gasteiger partial charge is 0.497 e. The summed E-state index contributed by atoms with van der Waals surface area (Å²) in [4.78, 5) is 2.06. The molecule has 0 atom stereocenters. The number of aliphatic hydroxyl groups excluding tert-OH is 1. The first-order chi connectivity index (χ1) is 8.21. The Labute approximate surface area is 119 Å². The maximum atomic E-state index is 8.97. The topological polar surface area (TPSA) is 58.7 Å². The van der Waals surface area contributed by atoms with Crippen molar-refractivity contribution in [2.45, 2.75) is 6.54 Å². The summed E-state index contributed by atoms with van der Waals surface area (Å²) in [6, 6.07) is 5.55. The quantitative estimate of drug-likeness (QED) is 0.801. The summed E-state index contributed by atoms with van der Waals surface area (Å²) in [6.07, 6.45) is 0. The van der Waals surface area contributed by atoms with Crippen molar-refractivity contribution < 1.29 is 9.84 Å². The number of benzene rings is 1. The molecule has 0 radical (unpaired) electrons. The first kappa shape index (κ1) is 17.5. The maximum Gasteiger partial charge on any atom is 0.119 e. The second kappa shape index (κ2) is 9.42. The molecule has 4 nitrogen and oxygen atoms in total. The summed E-state index contributed by atoms with van der Waals surface area (Å²) in [6.45, 7) is 2.65. The van der Waals surface area contributed by atoms with Gasteiger partial charge in [0.05, 0.1) is 13.7 Å². The van der Waals surface area contributed by atoms with Gasteiger partial charge in [0.25, 0.3) is 0 Å². The predicted molar refractivity (Wildman–Crippen MR) is 76.7 cm³/mol. The zero-order chi connectivity index (χ0) is 12.7. The van der Waals surface area contributed by atoms with Crippen molar-refractivity contribution in [3.05, 3.63) is 28.8 Å². The normalized spacial score (nSPS) is 10.3. The van der Waals surface area contributed by atoms with Gasteiger partial charge in [-0.15, -0.1) is 12.4 Å². The van der Waals surface area contributed by atoms with E-state index in [9.17, 15) is 0 Å². The van der Waals surface area contributed by atoms with Gasteiger partial charge in [0.15, 0.2) is 0 Å². The minimum Gasteiger partial charge on any atom is -0.497 e. The van der Waals surface area contributed by atoms with Gasteiger partial charge in [0.2, 0.25) is 0 Å². The minimum atomic E-state index is 0. The summed E-state index contributed by atoms with van der Waals surface area (Å²) < 4.78 is 5.16. The fourth-order valence-electron chi connectivity index (χ4n) is 1.63. The van der Waals surface area contributed by atoms with Crippen LogP contribution in [-0.4, -0.2) is 43.4 Å². The molecule has 0 aliphatic heterocycles. The monoisotopic (exact) mass is 294 g/mol. The van der Waals surface area contributed by atoms with Crippen molar-refractivity contribution in [2.75, 3.05) is 33.4 Å². The molecule has 0 saturated carbocycles. The van der Waals surface area contributed by atoms with E-state index in [-0.39, 0.29) is 19.0 Å². The Balaban J connectivity index is 0.00000289. The van der Waals surface area contributed by atoms with Crippen LogP contribution in [0.3, 0.4) is 0 Å². The van der Waals surface area contributed by atoms with Crippen LogP contribution in [0.5, 0.6) is 5.75 Å². The van der Waals surface area contributed by atoms with Crippen molar-refractivity contribution in [1.29, 1.82) is 0 Å². The molecule has 0 fully saturated rings. The first-order valence-corrected chi connectivity index (χ1v) is 5.94. The molecule has 6 heteroatoms. The highest BCUT2D eigenvalue weighted by Crippen LogP contribution is 2.23. The van der Waals surface area contributed by atoms with Gasteiger partial charge in [0, 0.05) is 31.2 Å². The van der Waals surface area contributed by atoms with Crippen LogP contribution in [-0.2, 0) is 6.54 Å². The highest BCUT2D eigenvalue weighted by atomic mass is 35.5. The van der Waals surface area contributed by atoms with Crippen LogP contribution < -0.4 is 10.5 Å². The molecule has 0 amide bonds. The number of methoxy groups -OCH3 is 1. The third-order valence-electron chi connectivity index (χ3n) is 2.51. The van der Waals surface area contributed by atoms with Crippen molar-refractivity contribution in [2.24, 2.45) is 5.73 Å². The number of nitrogens with two attached hydrogens (primary N) is 1. The molecule has 1 aromatic rings. The summed E-state index contributed by atoms with van der Waals surface area (Å²) >= 11 is 6.12. The van der Waals surface area contributed by atoms with Gasteiger partial charge < -0.3 is 15.6 Å². The second-order valence-electron chi connectivity index (χ2n) is 3.75. The van der Waals surface area contributed by atoms with Gasteiger partial charge in [0.1, 0.15) is 5.75 Å². The number of hydrogen-bond donors (Lipinski definition) is 2. The third-order valence-corrected chi connectivity index (χ3v) is 2.88. The van der Waals surface area contributed by atoms with E-state index in [1.54, 1.807) is 7.11 Å². The van der Waals surface area contributed by atoms with Crippen LogP contribution in [0.15, 0.2) is 18.2 Å². The van der Waals surface area contributed by atoms with Crippen LogP contribution in [0.1, 0.15) is 5.56 Å². The molecule has 0 spiro atoms. The molecule has 104 valence electrons. The Bertz CT molecular complexity index is 345. The molecular weight excluding hydrogens is 275 g/mol. The average molecular weight is 295 g/mol. The summed E-state index contributed by atoms with van der Waals surface area (Å²) in [5.74, 6) is 0.779. The highest BCUT2D eigenvalue weighted by Gasteiger charge is 2.08. The predicted octanol–water partition coefficient (Wildman–Crippen LogP) is 1.52. The molecule has 1 aromatic carbocycles. The van der Waals surface area contributed by atoms with E-state index >= 15 is 0 Å². The standard InChI is InChI=1S/C12H19ClN2O2.ClH/c1-17-11-2-3-12(13)10(8-11)9-15(5-4-14)6-7-16;/h2-3,8,16H,4-7,9,14H2,1H3;1H. The second-order valence-corrected chi connectivity index (χ2v) is 4.15. The number of ether oxygens (including phenoxy) is 1. The lowest BCUT2D eigenvalue weighted by Gasteiger charge is -2.21. The van der Waals surface area contributed by atoms with Gasteiger partial charge in [-0.3, -0.25) is 4.90 Å². The third kappa shape index (κ3) is 5.42. The Morgan fingerprint density at radius 1 is 1.39 bits per heavy atom. The summed E-state index contributed by atoms with van der Waals surface area (Å²) in [5, 5.41) is 9.67. The van der Waals surface area contributed by atoms with Crippen molar-refractivity contribution >= 4 is 24.0 Å². The van der Waals surface area contributed by atoms with E-state index in [0.717, 1.165) is 17.9 Å². The van der Waals surface area contributed by atoms with E-state index < -0.39 is 0 Å². The Hall–Kier alpha value is -0.520. The molecule has 0 aromatic heterocycles. The van der Waals surface area contributed by atoms with E-state index in [1.807, 2.05) is 18.2 Å². The van der Waals surface area contributed by atoms with E-state index in [0.29, 0.717) is 24.7 Å². The van der Waals surface area contributed by atoms with Crippen LogP contribution in [0.2, 0.25) is 5.02 Å². The molecule has 1 rings (SSSR count). The van der Waals surface area contributed by atoms with Crippen LogP contribution in [0.4, 0.5) is 0 Å². The zero-order valence-electron chi connectivity index (χ0n) is 10.4. The molecule has 0 bridgehead atoms. The zero-order valence-corrected chi connectivity index (χ0v) is 12.0. The fourth-order valence-corrected chi connectivity index (χ4v) is 1.81. The number of aliphatic hydroxyl groups is 1. The van der Waals surface area contributed by atoms with Gasteiger partial charge in [-0.1, -0.05) is 11.6 Å². The molecule has 0 unspecified atom stereocenters. The van der Waals surface area contributed by atoms with Crippen LogP contribution in [0.25, 0.3) is 0 Å². The van der Waals surface area contributed by atoms with Gasteiger partial charge in [-0.2, -0.15) is 0 Å². The van der Waals surface area contributed by atoms with E-state index in [2.05, 4.69) is 4.90 Å². The molecule has 0 heterocycles. The molecular formula is C12H20Cl2N2O2. The average Bonchev–Trinajstić information content (AvgIpc) is 2.32. The first-order valence-electron chi connectivity index (χ1n) is 5.57. The number of hydrogen-bond acceptors (Lipinski definition) is 4. The molecule has 18 heavy (non-hydrogen) atoms.